The summed E-state index contributed by atoms with van der Waals surface area (Å²) in [6.45, 7) is 1.30. The lowest BCUT2D eigenvalue weighted by Gasteiger charge is -2.12. The average Bonchev–Trinajstić information content (AvgIpc) is 2.46. The summed E-state index contributed by atoms with van der Waals surface area (Å²) in [5.41, 5.74) is 0.428. The average molecular weight is 292 g/mol. The van der Waals surface area contributed by atoms with Crippen LogP contribution in [0.25, 0.3) is 0 Å². The van der Waals surface area contributed by atoms with Crippen LogP contribution in [-0.4, -0.2) is 30.8 Å². The van der Waals surface area contributed by atoms with Crippen LogP contribution in [-0.2, 0) is 19.1 Å². The van der Waals surface area contributed by atoms with Gasteiger partial charge in [-0.3, -0.25) is 9.59 Å². The number of Topliss-reactive ketones (excluding diaryl/α,β-unsaturated/α-hetero) is 2. The van der Waals surface area contributed by atoms with Gasteiger partial charge in [0.25, 0.3) is 0 Å². The van der Waals surface area contributed by atoms with Crippen molar-refractivity contribution in [1.82, 2.24) is 0 Å². The van der Waals surface area contributed by atoms with Crippen molar-refractivity contribution in [3.05, 3.63) is 35.9 Å². The van der Waals surface area contributed by atoms with Gasteiger partial charge in [0.15, 0.2) is 5.78 Å². The fourth-order valence-electron chi connectivity index (χ4n) is 1.76. The predicted octanol–water partition coefficient (Wildman–Crippen LogP) is 2.16. The molecule has 0 aliphatic carbocycles. The molecule has 1 unspecified atom stereocenters. The largest absolute Gasteiger partial charge is 0.515 e. The Bertz CT molecular complexity index is 534. The van der Waals surface area contributed by atoms with Gasteiger partial charge in [-0.1, -0.05) is 30.3 Å². The summed E-state index contributed by atoms with van der Waals surface area (Å²) >= 11 is 0. The van der Waals surface area contributed by atoms with Crippen molar-refractivity contribution in [1.29, 1.82) is 0 Å². The van der Waals surface area contributed by atoms with Crippen molar-refractivity contribution in [3.8, 4) is 0 Å². The molecule has 6 nitrogen and oxygen atoms in total. The molecular weight excluding hydrogens is 276 g/mol. The number of benzene rings is 1. The summed E-state index contributed by atoms with van der Waals surface area (Å²) in [6.07, 6.45) is -1.55. The van der Waals surface area contributed by atoms with Crippen molar-refractivity contribution in [3.63, 3.8) is 0 Å². The lowest BCUT2D eigenvalue weighted by Crippen LogP contribution is -2.25. The molecule has 0 aliphatic heterocycles. The fraction of sp³-hybridized carbons (Fsp3) is 0.333. The molecular formula is C15H16O6. The maximum atomic E-state index is 12.1. The van der Waals surface area contributed by atoms with Gasteiger partial charge in [-0.05, 0) is 6.92 Å². The van der Waals surface area contributed by atoms with E-state index in [1.165, 1.54) is 6.92 Å². The maximum absolute atomic E-state index is 12.1. The molecule has 0 aliphatic rings. The zero-order valence-corrected chi connectivity index (χ0v) is 11.8. The summed E-state index contributed by atoms with van der Waals surface area (Å²) in [7, 11) is 1.06. The minimum Gasteiger partial charge on any atom is -0.437 e. The van der Waals surface area contributed by atoms with E-state index in [1.807, 2.05) is 0 Å². The van der Waals surface area contributed by atoms with Crippen LogP contribution in [0.5, 0.6) is 0 Å². The smallest absolute Gasteiger partial charge is 0.437 e. The van der Waals surface area contributed by atoms with Gasteiger partial charge in [0.05, 0.1) is 13.0 Å². The third-order valence-corrected chi connectivity index (χ3v) is 2.75. The molecule has 112 valence electrons. The van der Waals surface area contributed by atoms with E-state index in [4.69, 9.17) is 0 Å². The van der Waals surface area contributed by atoms with Crippen LogP contribution in [0.1, 0.15) is 30.1 Å². The van der Waals surface area contributed by atoms with Crippen LogP contribution in [0.3, 0.4) is 0 Å². The standard InChI is InChI=1S/C15H16O6/c1-10(16)8-12(14(18)21-15(19)20-2)9-13(17)11-6-4-3-5-7-11/h3-7,12H,8-9H2,1-2H3. The molecule has 1 rings (SSSR count). The van der Waals surface area contributed by atoms with E-state index in [9.17, 15) is 19.2 Å². The molecule has 0 saturated carbocycles. The van der Waals surface area contributed by atoms with E-state index in [2.05, 4.69) is 9.47 Å². The number of ketones is 2. The van der Waals surface area contributed by atoms with Crippen LogP contribution in [0.15, 0.2) is 30.3 Å². The third-order valence-electron chi connectivity index (χ3n) is 2.75. The number of carbonyl (C=O) groups is 4. The van der Waals surface area contributed by atoms with Crippen LogP contribution < -0.4 is 0 Å². The Balaban J connectivity index is 2.78. The Morgan fingerprint density at radius 1 is 1.05 bits per heavy atom. The van der Waals surface area contributed by atoms with Gasteiger partial charge in [-0.15, -0.1) is 0 Å². The molecule has 0 saturated heterocycles. The highest BCUT2D eigenvalue weighted by atomic mass is 16.7. The minimum absolute atomic E-state index is 0.172. The number of ether oxygens (including phenoxy) is 2. The first kappa shape index (κ1) is 16.6. The minimum atomic E-state index is -1.17. The maximum Gasteiger partial charge on any atom is 0.515 e. The van der Waals surface area contributed by atoms with E-state index in [1.54, 1.807) is 30.3 Å². The van der Waals surface area contributed by atoms with E-state index in [0.717, 1.165) is 7.11 Å². The molecule has 0 amide bonds. The van der Waals surface area contributed by atoms with E-state index in [0.29, 0.717) is 5.56 Å². The summed E-state index contributed by atoms with van der Waals surface area (Å²) in [5, 5.41) is 0. The second-order valence-electron chi connectivity index (χ2n) is 4.47. The Hall–Kier alpha value is -2.50. The van der Waals surface area contributed by atoms with Gasteiger partial charge >= 0.3 is 12.1 Å². The SMILES string of the molecule is COC(=O)OC(=O)C(CC(C)=O)CC(=O)c1ccccc1. The lowest BCUT2D eigenvalue weighted by molar-refractivity contribution is -0.145. The van der Waals surface area contributed by atoms with Crippen LogP contribution in [0.4, 0.5) is 4.79 Å². The number of rotatable bonds is 6. The van der Waals surface area contributed by atoms with Crippen molar-refractivity contribution in [2.75, 3.05) is 7.11 Å². The van der Waals surface area contributed by atoms with Gasteiger partial charge in [0.2, 0.25) is 0 Å². The van der Waals surface area contributed by atoms with E-state index in [-0.39, 0.29) is 24.4 Å². The van der Waals surface area contributed by atoms with Crippen LogP contribution >= 0.6 is 0 Å². The van der Waals surface area contributed by atoms with Crippen molar-refractivity contribution in [2.24, 2.45) is 5.92 Å². The molecule has 0 aromatic heterocycles. The highest BCUT2D eigenvalue weighted by Gasteiger charge is 2.27. The first-order valence-electron chi connectivity index (χ1n) is 6.31. The second-order valence-corrected chi connectivity index (χ2v) is 4.47. The number of hydrogen-bond acceptors (Lipinski definition) is 6. The summed E-state index contributed by atoms with van der Waals surface area (Å²) < 4.78 is 8.61. The highest BCUT2D eigenvalue weighted by molar-refractivity contribution is 5.99. The van der Waals surface area contributed by atoms with Gasteiger partial charge in [0.1, 0.15) is 5.78 Å². The number of methoxy groups -OCH3 is 1. The topological polar surface area (TPSA) is 86.7 Å². The lowest BCUT2D eigenvalue weighted by atomic mass is 9.94. The Kier molecular flexibility index (Phi) is 6.26. The first-order chi connectivity index (χ1) is 9.93. The second kappa shape index (κ2) is 7.94. The molecule has 0 spiro atoms. The Labute approximate surface area is 122 Å². The number of carbonyl (C=O) groups excluding carboxylic acids is 4. The molecule has 0 heterocycles. The molecule has 1 atom stereocenters. The van der Waals surface area contributed by atoms with Gasteiger partial charge in [-0.25, -0.2) is 4.79 Å². The molecule has 21 heavy (non-hydrogen) atoms. The normalized spacial score (nSPS) is 11.3. The molecule has 0 N–H and O–H groups in total. The van der Waals surface area contributed by atoms with Crippen LogP contribution in [0.2, 0.25) is 0 Å². The summed E-state index contributed by atoms with van der Waals surface area (Å²) in [6, 6.07) is 8.37. The summed E-state index contributed by atoms with van der Waals surface area (Å²) in [5.74, 6) is -2.53. The Morgan fingerprint density at radius 3 is 2.19 bits per heavy atom. The third kappa shape index (κ3) is 5.56. The molecule has 0 fully saturated rings. The zero-order chi connectivity index (χ0) is 15.8. The quantitative estimate of drug-likeness (QED) is 0.453. The van der Waals surface area contributed by atoms with E-state index >= 15 is 0 Å². The zero-order valence-electron chi connectivity index (χ0n) is 11.8. The molecule has 0 bridgehead atoms. The van der Waals surface area contributed by atoms with E-state index < -0.39 is 18.0 Å². The van der Waals surface area contributed by atoms with Crippen LogP contribution in [0, 0.1) is 5.92 Å². The summed E-state index contributed by atoms with van der Waals surface area (Å²) in [4.78, 5) is 46.0. The predicted molar refractivity (Wildman–Crippen MR) is 72.7 cm³/mol. The number of hydrogen-bond donors (Lipinski definition) is 0. The molecule has 6 heteroatoms. The molecule has 0 radical (unpaired) electrons. The molecule has 1 aromatic rings. The van der Waals surface area contributed by atoms with Crippen molar-refractivity contribution < 1.29 is 28.7 Å². The van der Waals surface area contributed by atoms with Gasteiger partial charge in [0, 0.05) is 18.4 Å². The highest BCUT2D eigenvalue weighted by Crippen LogP contribution is 2.16. The Morgan fingerprint density at radius 2 is 1.67 bits per heavy atom. The molecule has 1 aromatic carbocycles. The fourth-order valence-corrected chi connectivity index (χ4v) is 1.76. The van der Waals surface area contributed by atoms with Crippen molar-refractivity contribution >= 4 is 23.7 Å². The number of esters is 1. The van der Waals surface area contributed by atoms with Crippen molar-refractivity contribution in [2.45, 2.75) is 19.8 Å². The first-order valence-corrected chi connectivity index (χ1v) is 6.31. The van der Waals surface area contributed by atoms with Gasteiger partial charge in [-0.2, -0.15) is 0 Å². The van der Waals surface area contributed by atoms with Gasteiger partial charge < -0.3 is 14.3 Å². The monoisotopic (exact) mass is 292 g/mol.